The zero-order valence-corrected chi connectivity index (χ0v) is 13.0. The lowest BCUT2D eigenvalue weighted by Gasteiger charge is -2.24. The van der Waals surface area contributed by atoms with Crippen molar-refractivity contribution in [1.29, 1.82) is 0 Å². The van der Waals surface area contributed by atoms with Crippen molar-refractivity contribution in [2.45, 2.75) is 23.8 Å². The second kappa shape index (κ2) is 6.05. The van der Waals surface area contributed by atoms with Crippen LogP contribution >= 0.6 is 0 Å². The van der Waals surface area contributed by atoms with Crippen molar-refractivity contribution in [3.05, 3.63) is 64.5 Å². The first-order chi connectivity index (χ1) is 11.0. The maximum absolute atomic E-state index is 12.9. The molecule has 2 heterocycles. The van der Waals surface area contributed by atoms with E-state index in [9.17, 15) is 18.5 Å². The summed E-state index contributed by atoms with van der Waals surface area (Å²) in [5, 5.41) is 11.1. The van der Waals surface area contributed by atoms with E-state index in [1.165, 1.54) is 28.6 Å². The first-order valence-corrected chi connectivity index (χ1v) is 8.61. The molecule has 0 amide bonds. The van der Waals surface area contributed by atoms with Gasteiger partial charge in [-0.2, -0.15) is 4.31 Å². The molecule has 7 nitrogen and oxygen atoms in total. The molecular weight excluding hydrogens is 318 g/mol. The van der Waals surface area contributed by atoms with E-state index in [-0.39, 0.29) is 10.9 Å². The fourth-order valence-electron chi connectivity index (χ4n) is 2.90. The Morgan fingerprint density at radius 3 is 2.57 bits per heavy atom. The van der Waals surface area contributed by atoms with E-state index < -0.39 is 20.6 Å². The molecular formula is C15H15N3O4S. The predicted octanol–water partition coefficient (Wildman–Crippen LogP) is 2.52. The average Bonchev–Trinajstić information content (AvgIpc) is 3.06. The molecule has 1 aliphatic heterocycles. The number of sulfonamides is 1. The second-order valence-electron chi connectivity index (χ2n) is 5.28. The highest BCUT2D eigenvalue weighted by atomic mass is 32.2. The highest BCUT2D eigenvalue weighted by molar-refractivity contribution is 7.89. The molecule has 0 aliphatic carbocycles. The van der Waals surface area contributed by atoms with Crippen molar-refractivity contribution in [3.63, 3.8) is 0 Å². The van der Waals surface area contributed by atoms with Crippen LogP contribution in [-0.4, -0.2) is 29.2 Å². The van der Waals surface area contributed by atoms with Gasteiger partial charge in [-0.3, -0.25) is 15.1 Å². The summed E-state index contributed by atoms with van der Waals surface area (Å²) in [4.78, 5) is 14.2. The second-order valence-corrected chi connectivity index (χ2v) is 7.14. The Balaban J connectivity index is 2.05. The van der Waals surface area contributed by atoms with Crippen LogP contribution in [0.5, 0.6) is 0 Å². The molecule has 120 valence electrons. The molecule has 0 unspecified atom stereocenters. The minimum Gasteiger partial charge on any atom is -0.265 e. The Hall–Kier alpha value is -2.32. The number of nitro groups is 1. The molecule has 0 N–H and O–H groups in total. The number of pyridine rings is 1. The van der Waals surface area contributed by atoms with Gasteiger partial charge in [-0.25, -0.2) is 8.42 Å². The summed E-state index contributed by atoms with van der Waals surface area (Å²) < 4.78 is 27.3. The van der Waals surface area contributed by atoms with Crippen molar-refractivity contribution in [2.75, 3.05) is 6.54 Å². The highest BCUT2D eigenvalue weighted by Crippen LogP contribution is 2.38. The van der Waals surface area contributed by atoms with E-state index in [0.717, 1.165) is 5.56 Å². The summed E-state index contributed by atoms with van der Waals surface area (Å²) >= 11 is 0. The van der Waals surface area contributed by atoms with E-state index >= 15 is 0 Å². The Kier molecular flexibility index (Phi) is 4.10. The molecule has 1 fully saturated rings. The molecule has 3 rings (SSSR count). The van der Waals surface area contributed by atoms with Crippen LogP contribution in [0.25, 0.3) is 0 Å². The molecule has 0 spiro atoms. The molecule has 0 bridgehead atoms. The first-order valence-electron chi connectivity index (χ1n) is 7.17. The number of aromatic nitrogens is 1. The average molecular weight is 333 g/mol. The van der Waals surface area contributed by atoms with Gasteiger partial charge in [0.15, 0.2) is 4.90 Å². The number of para-hydroxylation sites is 1. The van der Waals surface area contributed by atoms with E-state index in [0.29, 0.717) is 19.4 Å². The van der Waals surface area contributed by atoms with E-state index in [1.807, 2.05) is 0 Å². The van der Waals surface area contributed by atoms with Gasteiger partial charge in [0.2, 0.25) is 10.0 Å². The van der Waals surface area contributed by atoms with Gasteiger partial charge in [-0.15, -0.1) is 0 Å². The monoisotopic (exact) mass is 333 g/mol. The van der Waals surface area contributed by atoms with Crippen LogP contribution in [-0.2, 0) is 10.0 Å². The third-order valence-corrected chi connectivity index (χ3v) is 5.90. The van der Waals surface area contributed by atoms with Gasteiger partial charge >= 0.3 is 0 Å². The summed E-state index contributed by atoms with van der Waals surface area (Å²) in [6.07, 6.45) is 4.63. The van der Waals surface area contributed by atoms with Crippen molar-refractivity contribution in [1.82, 2.24) is 9.29 Å². The lowest BCUT2D eigenvalue weighted by Crippen LogP contribution is -2.31. The fourth-order valence-corrected chi connectivity index (χ4v) is 4.74. The molecule has 0 saturated carbocycles. The van der Waals surface area contributed by atoms with Crippen molar-refractivity contribution < 1.29 is 13.3 Å². The Morgan fingerprint density at radius 1 is 1.17 bits per heavy atom. The minimum absolute atomic E-state index is 0.258. The van der Waals surface area contributed by atoms with Gasteiger partial charge in [0.1, 0.15) is 0 Å². The first kappa shape index (κ1) is 15.6. The molecule has 23 heavy (non-hydrogen) atoms. The normalized spacial score (nSPS) is 18.9. The SMILES string of the molecule is O=[N+]([O-])c1ccccc1S(=O)(=O)N1CCC[C@H]1c1ccncc1. The lowest BCUT2D eigenvalue weighted by molar-refractivity contribution is -0.387. The van der Waals surface area contributed by atoms with Crippen molar-refractivity contribution in [2.24, 2.45) is 0 Å². The van der Waals surface area contributed by atoms with Crippen LogP contribution in [0.1, 0.15) is 24.4 Å². The van der Waals surface area contributed by atoms with Gasteiger partial charge in [-0.1, -0.05) is 12.1 Å². The third-order valence-electron chi connectivity index (χ3n) is 3.94. The van der Waals surface area contributed by atoms with Crippen LogP contribution in [0.4, 0.5) is 5.69 Å². The van der Waals surface area contributed by atoms with E-state index in [1.54, 1.807) is 24.5 Å². The molecule has 1 aromatic carbocycles. The van der Waals surface area contributed by atoms with Gasteiger partial charge in [0, 0.05) is 25.0 Å². The molecule has 1 aliphatic rings. The van der Waals surface area contributed by atoms with Gasteiger partial charge in [0.05, 0.1) is 11.0 Å². The zero-order valence-electron chi connectivity index (χ0n) is 12.2. The largest absolute Gasteiger partial charge is 0.289 e. The van der Waals surface area contributed by atoms with Gasteiger partial charge in [0.25, 0.3) is 5.69 Å². The molecule has 2 aromatic rings. The number of hydrogen-bond donors (Lipinski definition) is 0. The summed E-state index contributed by atoms with van der Waals surface area (Å²) in [6, 6.07) is 8.69. The van der Waals surface area contributed by atoms with Gasteiger partial charge < -0.3 is 0 Å². The number of hydrogen-bond acceptors (Lipinski definition) is 5. The van der Waals surface area contributed by atoms with Crippen LogP contribution in [0, 0.1) is 10.1 Å². The van der Waals surface area contributed by atoms with Crippen molar-refractivity contribution >= 4 is 15.7 Å². The van der Waals surface area contributed by atoms with E-state index in [4.69, 9.17) is 0 Å². The zero-order chi connectivity index (χ0) is 16.4. The predicted molar refractivity (Wildman–Crippen MR) is 83.2 cm³/mol. The number of nitrogens with zero attached hydrogens (tertiary/aromatic N) is 3. The van der Waals surface area contributed by atoms with Crippen LogP contribution in [0.3, 0.4) is 0 Å². The maximum Gasteiger partial charge on any atom is 0.289 e. The quantitative estimate of drug-likeness (QED) is 0.633. The number of rotatable bonds is 4. The lowest BCUT2D eigenvalue weighted by atomic mass is 10.1. The Bertz CT molecular complexity index is 824. The fraction of sp³-hybridized carbons (Fsp3) is 0.267. The third kappa shape index (κ3) is 2.82. The molecule has 1 atom stereocenters. The van der Waals surface area contributed by atoms with E-state index in [2.05, 4.69) is 4.98 Å². The topological polar surface area (TPSA) is 93.4 Å². The summed E-state index contributed by atoms with van der Waals surface area (Å²) in [5.41, 5.74) is 0.451. The van der Waals surface area contributed by atoms with Crippen LogP contribution in [0.15, 0.2) is 53.7 Å². The standard InChI is InChI=1S/C15H15N3O4S/c19-18(20)14-4-1-2-6-15(14)23(21,22)17-11-3-5-13(17)12-7-9-16-10-8-12/h1-2,4,6-10,13H,3,5,11H2/t13-/m0/s1. The highest BCUT2D eigenvalue weighted by Gasteiger charge is 2.39. The number of nitro benzene ring substituents is 1. The summed E-state index contributed by atoms with van der Waals surface area (Å²) in [7, 11) is -3.94. The molecule has 1 saturated heterocycles. The van der Waals surface area contributed by atoms with Gasteiger partial charge in [-0.05, 0) is 36.6 Å². The molecule has 0 radical (unpaired) electrons. The summed E-state index contributed by atoms with van der Waals surface area (Å²) in [5.74, 6) is 0. The Morgan fingerprint density at radius 2 is 1.87 bits per heavy atom. The van der Waals surface area contributed by atoms with Crippen LogP contribution in [0.2, 0.25) is 0 Å². The number of benzene rings is 1. The minimum atomic E-state index is -3.94. The maximum atomic E-state index is 12.9. The molecule has 8 heteroatoms. The summed E-state index contributed by atoms with van der Waals surface area (Å²) in [6.45, 7) is 0.349. The van der Waals surface area contributed by atoms with Crippen molar-refractivity contribution in [3.8, 4) is 0 Å². The Labute approximate surface area is 133 Å². The smallest absolute Gasteiger partial charge is 0.265 e. The molecule has 1 aromatic heterocycles. The van der Waals surface area contributed by atoms with Crippen LogP contribution < -0.4 is 0 Å².